The van der Waals surface area contributed by atoms with Crippen LogP contribution in [0.3, 0.4) is 0 Å². The van der Waals surface area contributed by atoms with Gasteiger partial charge in [-0.2, -0.15) is 0 Å². The van der Waals surface area contributed by atoms with E-state index in [1.54, 1.807) is 0 Å². The van der Waals surface area contributed by atoms with Crippen LogP contribution in [0.25, 0.3) is 0 Å². The van der Waals surface area contributed by atoms with E-state index < -0.39 is 0 Å². The number of halogens is 1. The number of hydrogen-bond donors (Lipinski definition) is 3. The van der Waals surface area contributed by atoms with Crippen LogP contribution in [0.4, 0.5) is 0 Å². The summed E-state index contributed by atoms with van der Waals surface area (Å²) in [6, 6.07) is 0. The molecule has 66 valence electrons. The van der Waals surface area contributed by atoms with Crippen molar-refractivity contribution in [3.63, 3.8) is 0 Å². The molecule has 5 heteroatoms. The maximum absolute atomic E-state index is 10.5. The molecule has 0 aliphatic heterocycles. The van der Waals surface area contributed by atoms with Gasteiger partial charge in [-0.15, -0.1) is 11.6 Å². The summed E-state index contributed by atoms with van der Waals surface area (Å²) in [5, 5.41) is 5.65. The van der Waals surface area contributed by atoms with Crippen LogP contribution < -0.4 is 16.4 Å². The lowest BCUT2D eigenvalue weighted by molar-refractivity contribution is -0.118. The van der Waals surface area contributed by atoms with Crippen molar-refractivity contribution < 1.29 is 4.79 Å². The second-order valence-corrected chi connectivity index (χ2v) is 2.29. The molecule has 0 bridgehead atoms. The van der Waals surface area contributed by atoms with Crippen LogP contribution in [-0.2, 0) is 4.79 Å². The van der Waals surface area contributed by atoms with E-state index in [2.05, 4.69) is 10.6 Å². The van der Waals surface area contributed by atoms with Crippen LogP contribution in [0.2, 0.25) is 0 Å². The molecule has 0 unspecified atom stereocenters. The van der Waals surface area contributed by atoms with Crippen LogP contribution in [0.15, 0.2) is 0 Å². The fourth-order valence-electron chi connectivity index (χ4n) is 0.565. The minimum Gasteiger partial charge on any atom is -0.354 e. The van der Waals surface area contributed by atoms with E-state index in [4.69, 9.17) is 17.3 Å². The van der Waals surface area contributed by atoms with Crippen molar-refractivity contribution in [3.05, 3.63) is 0 Å². The van der Waals surface area contributed by atoms with E-state index in [1.807, 2.05) is 0 Å². The summed E-state index contributed by atoms with van der Waals surface area (Å²) in [5.41, 5.74) is 5.23. The summed E-state index contributed by atoms with van der Waals surface area (Å²) < 4.78 is 0. The Morgan fingerprint density at radius 1 is 1.36 bits per heavy atom. The number of carbonyl (C=O) groups excluding carboxylic acids is 1. The van der Waals surface area contributed by atoms with E-state index in [0.29, 0.717) is 13.1 Å². The Kier molecular flexibility index (Phi) is 7.56. The molecule has 11 heavy (non-hydrogen) atoms. The van der Waals surface area contributed by atoms with Crippen molar-refractivity contribution in [2.45, 2.75) is 0 Å². The van der Waals surface area contributed by atoms with Crippen LogP contribution in [0, 0.1) is 0 Å². The monoisotopic (exact) mass is 179 g/mol. The topological polar surface area (TPSA) is 67.2 Å². The quantitative estimate of drug-likeness (QED) is 0.358. The van der Waals surface area contributed by atoms with Crippen molar-refractivity contribution in [2.75, 3.05) is 32.1 Å². The van der Waals surface area contributed by atoms with E-state index in [9.17, 15) is 4.79 Å². The van der Waals surface area contributed by atoms with E-state index in [1.165, 1.54) is 0 Å². The van der Waals surface area contributed by atoms with Gasteiger partial charge in [-0.1, -0.05) is 0 Å². The second kappa shape index (κ2) is 7.78. The van der Waals surface area contributed by atoms with Gasteiger partial charge in [-0.3, -0.25) is 4.79 Å². The van der Waals surface area contributed by atoms with E-state index in [0.717, 1.165) is 13.1 Å². The standard InChI is InChI=1S/C6H14ClN3O/c7-5-6(11)10-4-3-9-2-1-8/h9H,1-5,8H2,(H,10,11). The lowest BCUT2D eigenvalue weighted by atomic mass is 10.5. The summed E-state index contributed by atoms with van der Waals surface area (Å²) in [7, 11) is 0. The maximum atomic E-state index is 10.5. The zero-order valence-corrected chi connectivity index (χ0v) is 7.16. The molecule has 0 atom stereocenters. The first kappa shape index (κ1) is 10.7. The molecule has 0 saturated carbocycles. The molecule has 0 aromatic rings. The molecule has 4 nitrogen and oxygen atoms in total. The minimum absolute atomic E-state index is 0.0247. The fraction of sp³-hybridized carbons (Fsp3) is 0.833. The van der Waals surface area contributed by atoms with Gasteiger partial charge in [-0.25, -0.2) is 0 Å². The molecule has 0 spiro atoms. The summed E-state index contributed by atoms with van der Waals surface area (Å²) >= 11 is 5.24. The number of hydrogen-bond acceptors (Lipinski definition) is 3. The number of alkyl halides is 1. The SMILES string of the molecule is NCCNCCNC(=O)CCl. The molecule has 0 heterocycles. The van der Waals surface area contributed by atoms with Gasteiger partial charge in [0.15, 0.2) is 0 Å². The average Bonchev–Trinajstić information content (AvgIpc) is 2.04. The third-order valence-corrected chi connectivity index (χ3v) is 1.31. The van der Waals surface area contributed by atoms with Gasteiger partial charge in [0.05, 0.1) is 0 Å². The Hall–Kier alpha value is -0.320. The Balaban J connectivity index is 2.95. The van der Waals surface area contributed by atoms with Crippen molar-refractivity contribution in [2.24, 2.45) is 5.73 Å². The van der Waals surface area contributed by atoms with Gasteiger partial charge < -0.3 is 16.4 Å². The van der Waals surface area contributed by atoms with Crippen molar-refractivity contribution in [1.29, 1.82) is 0 Å². The fourth-order valence-corrected chi connectivity index (χ4v) is 0.659. The van der Waals surface area contributed by atoms with Gasteiger partial charge in [0.1, 0.15) is 5.88 Å². The summed E-state index contributed by atoms with van der Waals surface area (Å²) in [6.07, 6.45) is 0. The number of carbonyl (C=O) groups is 1. The van der Waals surface area contributed by atoms with Crippen LogP contribution >= 0.6 is 11.6 Å². The van der Waals surface area contributed by atoms with Gasteiger partial charge in [0.2, 0.25) is 5.91 Å². The third-order valence-electron chi connectivity index (χ3n) is 1.07. The van der Waals surface area contributed by atoms with Crippen LogP contribution in [0.1, 0.15) is 0 Å². The smallest absolute Gasteiger partial charge is 0.234 e. The second-order valence-electron chi connectivity index (χ2n) is 2.02. The number of nitrogens with two attached hydrogens (primary N) is 1. The van der Waals surface area contributed by atoms with Gasteiger partial charge in [-0.05, 0) is 0 Å². The average molecular weight is 180 g/mol. The molecule has 0 saturated heterocycles. The highest BCUT2D eigenvalue weighted by molar-refractivity contribution is 6.27. The highest BCUT2D eigenvalue weighted by Gasteiger charge is 1.94. The molecule has 4 N–H and O–H groups in total. The van der Waals surface area contributed by atoms with Crippen LogP contribution in [-0.4, -0.2) is 38.0 Å². The van der Waals surface area contributed by atoms with Gasteiger partial charge in [0, 0.05) is 26.2 Å². The molecular formula is C6H14ClN3O. The number of rotatable bonds is 6. The maximum Gasteiger partial charge on any atom is 0.234 e. The molecule has 0 aromatic heterocycles. The van der Waals surface area contributed by atoms with Crippen molar-refractivity contribution >= 4 is 17.5 Å². The lowest BCUT2D eigenvalue weighted by Gasteiger charge is -2.03. The highest BCUT2D eigenvalue weighted by Crippen LogP contribution is 1.71. The van der Waals surface area contributed by atoms with Crippen molar-refractivity contribution in [3.8, 4) is 0 Å². The van der Waals surface area contributed by atoms with E-state index >= 15 is 0 Å². The number of amides is 1. The van der Waals surface area contributed by atoms with Gasteiger partial charge >= 0.3 is 0 Å². The summed E-state index contributed by atoms with van der Waals surface area (Å²) in [5.74, 6) is -0.113. The van der Waals surface area contributed by atoms with E-state index in [-0.39, 0.29) is 11.8 Å². The van der Waals surface area contributed by atoms with Gasteiger partial charge in [0.25, 0.3) is 0 Å². The predicted octanol–water partition coefficient (Wildman–Crippen LogP) is -1.11. The molecule has 0 aliphatic rings. The first-order valence-corrected chi connectivity index (χ1v) is 4.08. The zero-order valence-electron chi connectivity index (χ0n) is 6.40. The Labute approximate surface area is 71.5 Å². The Bertz CT molecular complexity index is 110. The molecular weight excluding hydrogens is 166 g/mol. The molecule has 0 aromatic carbocycles. The molecule has 0 radical (unpaired) electrons. The Morgan fingerprint density at radius 2 is 2.09 bits per heavy atom. The molecule has 0 rings (SSSR count). The minimum atomic E-state index is -0.138. The molecule has 1 amide bonds. The molecule has 0 fully saturated rings. The third kappa shape index (κ3) is 7.58. The predicted molar refractivity (Wildman–Crippen MR) is 45.7 cm³/mol. The summed E-state index contributed by atoms with van der Waals surface area (Å²) in [6.45, 7) is 2.73. The normalized spacial score (nSPS) is 9.64. The highest BCUT2D eigenvalue weighted by atomic mass is 35.5. The summed E-state index contributed by atoms with van der Waals surface area (Å²) in [4.78, 5) is 10.5. The first-order valence-electron chi connectivity index (χ1n) is 3.54. The zero-order chi connectivity index (χ0) is 8.53. The largest absolute Gasteiger partial charge is 0.354 e. The molecule has 0 aliphatic carbocycles. The lowest BCUT2D eigenvalue weighted by Crippen LogP contribution is -2.34. The van der Waals surface area contributed by atoms with Crippen molar-refractivity contribution in [1.82, 2.24) is 10.6 Å². The van der Waals surface area contributed by atoms with Crippen LogP contribution in [0.5, 0.6) is 0 Å². The number of nitrogens with one attached hydrogen (secondary N) is 2. The first-order chi connectivity index (χ1) is 5.31. The Morgan fingerprint density at radius 3 is 2.64 bits per heavy atom.